The summed E-state index contributed by atoms with van der Waals surface area (Å²) in [6.45, 7) is 2.53. The van der Waals surface area contributed by atoms with Crippen LogP contribution in [0.15, 0.2) is 83.6 Å². The maximum atomic E-state index is 12.3. The van der Waals surface area contributed by atoms with Crippen LogP contribution in [-0.2, 0) is 6.54 Å². The fourth-order valence-electron chi connectivity index (χ4n) is 3.40. The molecule has 4 rings (SSSR count). The number of aromatic nitrogens is 1. The summed E-state index contributed by atoms with van der Waals surface area (Å²) in [5.41, 5.74) is 5.37. The molecular formula is C24H20BrN3O. The molecule has 0 fully saturated rings. The minimum Gasteiger partial charge on any atom is -0.334 e. The first kappa shape index (κ1) is 19.2. The minimum absolute atomic E-state index is 0.243. The van der Waals surface area contributed by atoms with Crippen LogP contribution in [0.3, 0.4) is 0 Å². The Morgan fingerprint density at radius 1 is 0.931 bits per heavy atom. The lowest BCUT2D eigenvalue weighted by molar-refractivity contribution is 0.252. The van der Waals surface area contributed by atoms with E-state index >= 15 is 0 Å². The molecule has 5 heteroatoms. The number of carbonyl (C=O) groups excluding carboxylic acids is 1. The Labute approximate surface area is 178 Å². The molecule has 0 saturated carbocycles. The predicted octanol–water partition coefficient (Wildman–Crippen LogP) is 6.29. The Hall–Kier alpha value is -3.18. The highest BCUT2D eigenvalue weighted by atomic mass is 79.9. The first-order valence-electron chi connectivity index (χ1n) is 9.34. The summed E-state index contributed by atoms with van der Waals surface area (Å²) < 4.78 is 0.969. The number of halogens is 1. The van der Waals surface area contributed by atoms with E-state index in [0.717, 1.165) is 26.5 Å². The molecule has 0 unspecified atom stereocenters. The van der Waals surface area contributed by atoms with Crippen molar-refractivity contribution in [2.75, 3.05) is 5.32 Å². The highest BCUT2D eigenvalue weighted by molar-refractivity contribution is 9.10. The molecule has 4 nitrogen and oxygen atoms in total. The third-order valence-electron chi connectivity index (χ3n) is 4.89. The van der Waals surface area contributed by atoms with Crippen LogP contribution in [0, 0.1) is 6.92 Å². The van der Waals surface area contributed by atoms with Gasteiger partial charge < -0.3 is 10.6 Å². The van der Waals surface area contributed by atoms with Gasteiger partial charge in [-0.3, -0.25) is 4.98 Å². The number of aryl methyl sites for hydroxylation is 1. The van der Waals surface area contributed by atoms with Gasteiger partial charge in [0, 0.05) is 34.5 Å². The number of nitrogens with one attached hydrogen (secondary N) is 2. The molecule has 3 aromatic carbocycles. The Morgan fingerprint density at radius 2 is 1.72 bits per heavy atom. The van der Waals surface area contributed by atoms with E-state index in [4.69, 9.17) is 0 Å². The Kier molecular flexibility index (Phi) is 5.58. The lowest BCUT2D eigenvalue weighted by Crippen LogP contribution is -2.28. The Balaban J connectivity index is 1.57. The van der Waals surface area contributed by atoms with Crippen molar-refractivity contribution in [3.8, 4) is 11.1 Å². The molecule has 2 N–H and O–H groups in total. The van der Waals surface area contributed by atoms with E-state index in [1.54, 1.807) is 0 Å². The van der Waals surface area contributed by atoms with Crippen LogP contribution in [0.2, 0.25) is 0 Å². The van der Waals surface area contributed by atoms with Gasteiger partial charge in [-0.1, -0.05) is 52.3 Å². The monoisotopic (exact) mass is 445 g/mol. The average molecular weight is 446 g/mol. The molecule has 0 aliphatic heterocycles. The van der Waals surface area contributed by atoms with Gasteiger partial charge in [-0.15, -0.1) is 0 Å². The molecular weight excluding hydrogens is 426 g/mol. The van der Waals surface area contributed by atoms with Gasteiger partial charge in [0.05, 0.1) is 0 Å². The van der Waals surface area contributed by atoms with Crippen molar-refractivity contribution >= 4 is 38.4 Å². The second-order valence-electron chi connectivity index (χ2n) is 6.82. The van der Waals surface area contributed by atoms with Crippen LogP contribution >= 0.6 is 15.9 Å². The normalized spacial score (nSPS) is 10.7. The quantitative estimate of drug-likeness (QED) is 0.387. The second-order valence-corrected chi connectivity index (χ2v) is 7.74. The molecule has 0 radical (unpaired) electrons. The fourth-order valence-corrected chi connectivity index (χ4v) is 3.66. The highest BCUT2D eigenvalue weighted by Gasteiger charge is 2.10. The molecule has 2 amide bonds. The van der Waals surface area contributed by atoms with Crippen LogP contribution < -0.4 is 10.6 Å². The Bertz CT molecular complexity index is 1170. The number of nitrogens with zero attached hydrogens (tertiary/aromatic N) is 1. The summed E-state index contributed by atoms with van der Waals surface area (Å²) in [6.07, 6.45) is 3.67. The highest BCUT2D eigenvalue weighted by Crippen LogP contribution is 2.32. The van der Waals surface area contributed by atoms with Crippen molar-refractivity contribution in [2.45, 2.75) is 13.5 Å². The summed E-state index contributed by atoms with van der Waals surface area (Å²) in [6, 6.07) is 21.8. The number of hydrogen-bond donors (Lipinski definition) is 2. The molecule has 29 heavy (non-hydrogen) atoms. The predicted molar refractivity (Wildman–Crippen MR) is 122 cm³/mol. The molecule has 0 spiro atoms. The number of carbonyl (C=O) groups is 1. The van der Waals surface area contributed by atoms with Gasteiger partial charge in [0.1, 0.15) is 0 Å². The van der Waals surface area contributed by atoms with Gasteiger partial charge in [0.25, 0.3) is 0 Å². The molecule has 0 atom stereocenters. The largest absolute Gasteiger partial charge is 0.334 e. The zero-order valence-corrected chi connectivity index (χ0v) is 17.5. The molecule has 144 valence electrons. The smallest absolute Gasteiger partial charge is 0.319 e. The maximum Gasteiger partial charge on any atom is 0.319 e. The zero-order valence-electron chi connectivity index (χ0n) is 15.9. The van der Waals surface area contributed by atoms with Crippen molar-refractivity contribution in [3.05, 3.63) is 94.7 Å². The topological polar surface area (TPSA) is 54.0 Å². The van der Waals surface area contributed by atoms with Crippen molar-refractivity contribution in [1.29, 1.82) is 0 Å². The molecule has 1 heterocycles. The van der Waals surface area contributed by atoms with Crippen LogP contribution in [0.25, 0.3) is 21.9 Å². The number of amides is 2. The summed E-state index contributed by atoms with van der Waals surface area (Å²) in [5.74, 6) is 0. The first-order valence-corrected chi connectivity index (χ1v) is 10.1. The third-order valence-corrected chi connectivity index (χ3v) is 5.41. The fraction of sp³-hybridized carbons (Fsp3) is 0.0833. The number of urea groups is 1. The van der Waals surface area contributed by atoms with E-state index in [2.05, 4.69) is 68.8 Å². The van der Waals surface area contributed by atoms with E-state index in [9.17, 15) is 4.79 Å². The molecule has 1 aromatic heterocycles. The van der Waals surface area contributed by atoms with Crippen molar-refractivity contribution in [2.24, 2.45) is 0 Å². The minimum atomic E-state index is -0.243. The molecule has 0 aliphatic carbocycles. The van der Waals surface area contributed by atoms with E-state index in [1.807, 2.05) is 48.8 Å². The Morgan fingerprint density at radius 3 is 2.52 bits per heavy atom. The maximum absolute atomic E-state index is 12.3. The lowest BCUT2D eigenvalue weighted by Gasteiger charge is -2.14. The number of fused-ring (bicyclic) bond motifs is 1. The SMILES string of the molecule is Cc1ccccc1-c1ccc(CNC(=O)Nc2ccc(Br)cc2)c2cnccc12. The van der Waals surface area contributed by atoms with Crippen molar-refractivity contribution in [3.63, 3.8) is 0 Å². The van der Waals surface area contributed by atoms with E-state index in [-0.39, 0.29) is 6.03 Å². The second kappa shape index (κ2) is 8.45. The number of pyridine rings is 1. The molecule has 0 saturated heterocycles. The number of rotatable bonds is 4. The third kappa shape index (κ3) is 4.30. The number of hydrogen-bond acceptors (Lipinski definition) is 2. The molecule has 0 aliphatic rings. The van der Waals surface area contributed by atoms with E-state index in [0.29, 0.717) is 6.54 Å². The van der Waals surface area contributed by atoms with Gasteiger partial charge in [-0.05, 0) is 64.9 Å². The summed E-state index contributed by atoms with van der Waals surface area (Å²) >= 11 is 3.39. The summed E-state index contributed by atoms with van der Waals surface area (Å²) in [5, 5.41) is 7.95. The average Bonchev–Trinajstić information content (AvgIpc) is 2.74. The summed E-state index contributed by atoms with van der Waals surface area (Å²) in [4.78, 5) is 16.6. The zero-order chi connectivity index (χ0) is 20.2. The van der Waals surface area contributed by atoms with Crippen LogP contribution in [0.1, 0.15) is 11.1 Å². The van der Waals surface area contributed by atoms with Gasteiger partial charge in [0.15, 0.2) is 0 Å². The van der Waals surface area contributed by atoms with Gasteiger partial charge in [-0.2, -0.15) is 0 Å². The van der Waals surface area contributed by atoms with Crippen LogP contribution in [0.4, 0.5) is 10.5 Å². The van der Waals surface area contributed by atoms with E-state index in [1.165, 1.54) is 16.7 Å². The van der Waals surface area contributed by atoms with E-state index < -0.39 is 0 Å². The lowest BCUT2D eigenvalue weighted by atomic mass is 9.94. The van der Waals surface area contributed by atoms with Gasteiger partial charge in [-0.25, -0.2) is 4.79 Å². The van der Waals surface area contributed by atoms with Gasteiger partial charge in [0.2, 0.25) is 0 Å². The van der Waals surface area contributed by atoms with Crippen LogP contribution in [-0.4, -0.2) is 11.0 Å². The van der Waals surface area contributed by atoms with Gasteiger partial charge >= 0.3 is 6.03 Å². The van der Waals surface area contributed by atoms with Crippen molar-refractivity contribution < 1.29 is 4.79 Å². The molecule has 0 bridgehead atoms. The summed E-state index contributed by atoms with van der Waals surface area (Å²) in [7, 11) is 0. The number of anilines is 1. The van der Waals surface area contributed by atoms with Crippen molar-refractivity contribution in [1.82, 2.24) is 10.3 Å². The standard InChI is InChI=1S/C24H20BrN3O/c1-16-4-2-3-5-20(16)21-11-6-17(23-15-26-13-12-22(21)23)14-27-24(29)28-19-9-7-18(25)8-10-19/h2-13,15H,14H2,1H3,(H2,27,28,29). The first-order chi connectivity index (χ1) is 14.1. The molecule has 4 aromatic rings. The number of benzene rings is 3. The van der Waals surface area contributed by atoms with Crippen LogP contribution in [0.5, 0.6) is 0 Å².